The SMILES string of the molecule is ClCc1cc(OCCc2cccs2)ncc1Cl. The van der Waals surface area contributed by atoms with Crippen LogP contribution in [0.2, 0.25) is 5.02 Å². The van der Waals surface area contributed by atoms with Gasteiger partial charge in [0.25, 0.3) is 0 Å². The second kappa shape index (κ2) is 6.24. The Balaban J connectivity index is 1.90. The van der Waals surface area contributed by atoms with E-state index in [1.54, 1.807) is 23.6 Å². The first-order valence-electron chi connectivity index (χ1n) is 5.15. The number of rotatable bonds is 5. The molecule has 0 spiro atoms. The van der Waals surface area contributed by atoms with Crippen molar-refractivity contribution in [3.05, 3.63) is 45.2 Å². The van der Waals surface area contributed by atoms with E-state index in [0.29, 0.717) is 23.4 Å². The molecule has 0 radical (unpaired) electrons. The van der Waals surface area contributed by atoms with Crippen molar-refractivity contribution in [2.75, 3.05) is 6.61 Å². The van der Waals surface area contributed by atoms with E-state index in [9.17, 15) is 0 Å². The summed E-state index contributed by atoms with van der Waals surface area (Å²) in [5, 5.41) is 2.63. The molecule has 0 aliphatic carbocycles. The molecule has 2 nitrogen and oxygen atoms in total. The van der Waals surface area contributed by atoms with Crippen molar-refractivity contribution in [2.45, 2.75) is 12.3 Å². The monoisotopic (exact) mass is 287 g/mol. The van der Waals surface area contributed by atoms with Crippen LogP contribution in [0.4, 0.5) is 0 Å². The van der Waals surface area contributed by atoms with Gasteiger partial charge < -0.3 is 4.74 Å². The summed E-state index contributed by atoms with van der Waals surface area (Å²) >= 11 is 13.4. The van der Waals surface area contributed by atoms with Gasteiger partial charge in [-0.1, -0.05) is 17.7 Å². The molecule has 5 heteroatoms. The van der Waals surface area contributed by atoms with Gasteiger partial charge in [0.2, 0.25) is 5.88 Å². The lowest BCUT2D eigenvalue weighted by Gasteiger charge is -2.06. The predicted molar refractivity (Wildman–Crippen MR) is 72.3 cm³/mol. The lowest BCUT2D eigenvalue weighted by molar-refractivity contribution is 0.310. The van der Waals surface area contributed by atoms with Crippen LogP contribution < -0.4 is 4.74 Å². The van der Waals surface area contributed by atoms with Gasteiger partial charge in [-0.2, -0.15) is 0 Å². The van der Waals surface area contributed by atoms with E-state index in [-0.39, 0.29) is 0 Å². The fourth-order valence-electron chi connectivity index (χ4n) is 1.35. The highest BCUT2D eigenvalue weighted by Gasteiger charge is 2.03. The number of halogens is 2. The van der Waals surface area contributed by atoms with Crippen molar-refractivity contribution in [3.63, 3.8) is 0 Å². The smallest absolute Gasteiger partial charge is 0.213 e. The molecule has 0 aliphatic heterocycles. The van der Waals surface area contributed by atoms with Gasteiger partial charge in [-0.25, -0.2) is 4.98 Å². The van der Waals surface area contributed by atoms with E-state index < -0.39 is 0 Å². The summed E-state index contributed by atoms with van der Waals surface area (Å²) in [5.74, 6) is 0.935. The summed E-state index contributed by atoms with van der Waals surface area (Å²) < 4.78 is 5.56. The molecule has 0 N–H and O–H groups in total. The van der Waals surface area contributed by atoms with Gasteiger partial charge >= 0.3 is 0 Å². The molecule has 0 aliphatic rings. The Bertz CT molecular complexity index is 473. The first-order chi connectivity index (χ1) is 8.29. The van der Waals surface area contributed by atoms with Crippen molar-refractivity contribution < 1.29 is 4.74 Å². The largest absolute Gasteiger partial charge is 0.477 e. The van der Waals surface area contributed by atoms with E-state index >= 15 is 0 Å². The quantitative estimate of drug-likeness (QED) is 0.771. The number of ether oxygens (including phenoxy) is 1. The molecule has 0 unspecified atom stereocenters. The van der Waals surface area contributed by atoms with Crippen molar-refractivity contribution in [1.82, 2.24) is 4.98 Å². The summed E-state index contributed by atoms with van der Waals surface area (Å²) in [5.41, 5.74) is 0.842. The zero-order valence-electron chi connectivity index (χ0n) is 9.03. The summed E-state index contributed by atoms with van der Waals surface area (Å²) in [4.78, 5) is 5.40. The summed E-state index contributed by atoms with van der Waals surface area (Å²) in [6.45, 7) is 0.608. The van der Waals surface area contributed by atoms with E-state index in [1.165, 1.54) is 4.88 Å². The standard InChI is InChI=1S/C12H11Cl2NOS/c13-7-9-6-12(15-8-11(9)14)16-4-3-10-2-1-5-17-10/h1-2,5-6,8H,3-4,7H2. The molecule has 0 aromatic carbocycles. The zero-order valence-corrected chi connectivity index (χ0v) is 11.4. The highest BCUT2D eigenvalue weighted by molar-refractivity contribution is 7.09. The minimum absolute atomic E-state index is 0.364. The number of hydrogen-bond donors (Lipinski definition) is 0. The molecule has 0 atom stereocenters. The van der Waals surface area contributed by atoms with Crippen LogP contribution in [0.3, 0.4) is 0 Å². The Morgan fingerprint density at radius 2 is 2.29 bits per heavy atom. The van der Waals surface area contributed by atoms with Gasteiger partial charge in [-0.3, -0.25) is 0 Å². The highest BCUT2D eigenvalue weighted by Crippen LogP contribution is 2.21. The number of pyridine rings is 1. The Kier molecular flexibility index (Phi) is 4.66. The topological polar surface area (TPSA) is 22.1 Å². The predicted octanol–water partition coefficient (Wildman–Crippen LogP) is 4.16. The van der Waals surface area contributed by atoms with Crippen molar-refractivity contribution in [3.8, 4) is 5.88 Å². The van der Waals surface area contributed by atoms with Crippen LogP contribution in [0.15, 0.2) is 29.8 Å². The molecular formula is C12H11Cl2NOS. The molecule has 2 aromatic rings. The molecule has 0 saturated carbocycles. The van der Waals surface area contributed by atoms with Crippen LogP contribution in [0.5, 0.6) is 5.88 Å². The second-order valence-electron chi connectivity index (χ2n) is 3.43. The summed E-state index contributed by atoms with van der Waals surface area (Å²) in [6, 6.07) is 5.91. The lowest BCUT2D eigenvalue weighted by atomic mass is 10.3. The maximum Gasteiger partial charge on any atom is 0.213 e. The lowest BCUT2D eigenvalue weighted by Crippen LogP contribution is -2.02. The van der Waals surface area contributed by atoms with Crippen molar-refractivity contribution in [1.29, 1.82) is 0 Å². The average molecular weight is 288 g/mol. The fourth-order valence-corrected chi connectivity index (χ4v) is 2.50. The van der Waals surface area contributed by atoms with Gasteiger partial charge in [-0.15, -0.1) is 22.9 Å². The number of hydrogen-bond acceptors (Lipinski definition) is 3. The molecular weight excluding hydrogens is 277 g/mol. The molecule has 0 bridgehead atoms. The van der Waals surface area contributed by atoms with Gasteiger partial charge in [0, 0.05) is 29.4 Å². The highest BCUT2D eigenvalue weighted by atomic mass is 35.5. The van der Waals surface area contributed by atoms with Gasteiger partial charge in [0.15, 0.2) is 0 Å². The van der Waals surface area contributed by atoms with Crippen LogP contribution in [0.1, 0.15) is 10.4 Å². The van der Waals surface area contributed by atoms with E-state index in [1.807, 2.05) is 6.07 Å². The third-order valence-corrected chi connectivity index (χ3v) is 3.80. The minimum atomic E-state index is 0.364. The first-order valence-corrected chi connectivity index (χ1v) is 6.94. The van der Waals surface area contributed by atoms with E-state index in [0.717, 1.165) is 12.0 Å². The molecule has 0 saturated heterocycles. The average Bonchev–Trinajstić information content (AvgIpc) is 2.84. The molecule has 0 fully saturated rings. The molecule has 2 rings (SSSR count). The second-order valence-corrected chi connectivity index (χ2v) is 5.13. The number of nitrogens with zero attached hydrogens (tertiary/aromatic N) is 1. The van der Waals surface area contributed by atoms with E-state index in [2.05, 4.69) is 16.4 Å². The van der Waals surface area contributed by atoms with Gasteiger partial charge in [-0.05, 0) is 17.0 Å². The minimum Gasteiger partial charge on any atom is -0.477 e. The summed E-state index contributed by atoms with van der Waals surface area (Å²) in [6.07, 6.45) is 2.46. The molecule has 17 heavy (non-hydrogen) atoms. The number of thiophene rings is 1. The Morgan fingerprint density at radius 1 is 1.41 bits per heavy atom. The van der Waals surface area contributed by atoms with Gasteiger partial charge in [0.05, 0.1) is 11.6 Å². The van der Waals surface area contributed by atoms with E-state index in [4.69, 9.17) is 27.9 Å². The van der Waals surface area contributed by atoms with Crippen LogP contribution in [0.25, 0.3) is 0 Å². The Labute approximate surface area is 114 Å². The van der Waals surface area contributed by atoms with Crippen LogP contribution in [-0.4, -0.2) is 11.6 Å². The maximum absolute atomic E-state index is 5.91. The first kappa shape index (κ1) is 12.7. The maximum atomic E-state index is 5.91. The zero-order chi connectivity index (χ0) is 12.1. The fraction of sp³-hybridized carbons (Fsp3) is 0.250. The molecule has 90 valence electrons. The summed E-state index contributed by atoms with van der Waals surface area (Å²) in [7, 11) is 0. The van der Waals surface area contributed by atoms with Gasteiger partial charge in [0.1, 0.15) is 0 Å². The Morgan fingerprint density at radius 3 is 3.00 bits per heavy atom. The number of alkyl halides is 1. The van der Waals surface area contributed by atoms with Crippen LogP contribution in [-0.2, 0) is 12.3 Å². The van der Waals surface area contributed by atoms with Crippen molar-refractivity contribution >= 4 is 34.5 Å². The normalized spacial score (nSPS) is 10.5. The number of aromatic nitrogens is 1. The Hall–Kier alpha value is -0.770. The third-order valence-electron chi connectivity index (χ3n) is 2.23. The molecule has 2 aromatic heterocycles. The van der Waals surface area contributed by atoms with Crippen LogP contribution >= 0.6 is 34.5 Å². The molecule has 0 amide bonds. The third kappa shape index (κ3) is 3.60. The van der Waals surface area contributed by atoms with Crippen molar-refractivity contribution in [2.24, 2.45) is 0 Å². The molecule has 2 heterocycles. The van der Waals surface area contributed by atoms with Crippen LogP contribution in [0, 0.1) is 0 Å².